The van der Waals surface area contributed by atoms with E-state index in [1.54, 1.807) is 0 Å². The van der Waals surface area contributed by atoms with E-state index in [1.165, 1.54) is 6.42 Å². The summed E-state index contributed by atoms with van der Waals surface area (Å²) in [6.45, 7) is 8.20. The lowest BCUT2D eigenvalue weighted by atomic mass is 9.43. The SMILES string of the molecule is CC1(C)[C@H]2C[C@@H]3OB(CCNC(=O)[C@@H]([NH3+])CCCCN)O[C@]3(C)[C@@H]1C2.[Cl-]. The molecule has 0 spiro atoms. The van der Waals surface area contributed by atoms with E-state index in [1.807, 2.05) is 0 Å². The maximum atomic E-state index is 12.1. The molecule has 26 heavy (non-hydrogen) atoms. The number of carbonyl (C=O) groups excluding carboxylic acids is 1. The van der Waals surface area contributed by atoms with Crippen LogP contribution < -0.4 is 29.2 Å². The van der Waals surface area contributed by atoms with Gasteiger partial charge in [0.2, 0.25) is 0 Å². The maximum Gasteiger partial charge on any atom is 0.459 e. The van der Waals surface area contributed by atoms with Gasteiger partial charge in [0.15, 0.2) is 6.04 Å². The van der Waals surface area contributed by atoms with Gasteiger partial charge in [-0.1, -0.05) is 13.8 Å². The van der Waals surface area contributed by atoms with Crippen LogP contribution in [0.15, 0.2) is 0 Å². The molecule has 1 aliphatic heterocycles. The van der Waals surface area contributed by atoms with Gasteiger partial charge in [0.05, 0.1) is 11.7 Å². The van der Waals surface area contributed by atoms with E-state index in [0.29, 0.717) is 30.7 Å². The summed E-state index contributed by atoms with van der Waals surface area (Å²) in [7, 11) is -0.203. The van der Waals surface area contributed by atoms with Crippen LogP contribution >= 0.6 is 0 Å². The van der Waals surface area contributed by atoms with Gasteiger partial charge in [-0.25, -0.2) is 0 Å². The van der Waals surface area contributed by atoms with E-state index in [2.05, 4.69) is 31.8 Å². The van der Waals surface area contributed by atoms with Crippen molar-refractivity contribution in [3.63, 3.8) is 0 Å². The third-order valence-electron chi connectivity index (χ3n) is 7.06. The van der Waals surface area contributed by atoms with E-state index >= 15 is 0 Å². The second kappa shape index (κ2) is 8.35. The molecule has 2 bridgehead atoms. The average molecular weight is 388 g/mol. The molecule has 4 rings (SSSR count). The van der Waals surface area contributed by atoms with Crippen LogP contribution in [-0.2, 0) is 14.1 Å². The summed E-state index contributed by atoms with van der Waals surface area (Å²) in [6.07, 6.45) is 5.96. The van der Waals surface area contributed by atoms with Gasteiger partial charge >= 0.3 is 7.12 Å². The highest BCUT2D eigenvalue weighted by atomic mass is 35.5. The first-order valence-corrected chi connectivity index (χ1v) is 9.93. The molecule has 150 valence electrons. The van der Waals surface area contributed by atoms with Crippen LogP contribution in [0.5, 0.6) is 0 Å². The van der Waals surface area contributed by atoms with Gasteiger partial charge in [0.25, 0.3) is 5.91 Å². The van der Waals surface area contributed by atoms with Gasteiger partial charge in [-0.2, -0.15) is 0 Å². The monoisotopic (exact) mass is 387 g/mol. The normalized spacial score (nSPS) is 35.1. The number of halogens is 1. The number of nitrogens with one attached hydrogen (secondary N) is 1. The van der Waals surface area contributed by atoms with Crippen molar-refractivity contribution in [2.75, 3.05) is 13.1 Å². The molecule has 4 aliphatic rings. The Morgan fingerprint density at radius 3 is 2.73 bits per heavy atom. The van der Waals surface area contributed by atoms with E-state index in [0.717, 1.165) is 31.6 Å². The quantitative estimate of drug-likeness (QED) is 0.318. The lowest BCUT2D eigenvalue weighted by molar-refractivity contribution is -0.405. The topological polar surface area (TPSA) is 101 Å². The molecule has 6 nitrogen and oxygen atoms in total. The first kappa shape index (κ1) is 22.0. The largest absolute Gasteiger partial charge is 1.00 e. The molecule has 6 N–H and O–H groups in total. The average Bonchev–Trinajstić information content (AvgIpc) is 2.90. The second-order valence-corrected chi connectivity index (χ2v) is 8.96. The Kier molecular flexibility index (Phi) is 7.05. The molecular weight excluding hydrogens is 352 g/mol. The molecule has 0 aromatic heterocycles. The fraction of sp³-hybridized carbons (Fsp3) is 0.944. The molecular formula is C18H35BClN3O3. The predicted octanol–water partition coefficient (Wildman–Crippen LogP) is -2.43. The van der Waals surface area contributed by atoms with E-state index in [-0.39, 0.29) is 43.2 Å². The lowest BCUT2D eigenvalue weighted by Crippen LogP contribution is -3.00. The van der Waals surface area contributed by atoms with Crippen LogP contribution in [0.4, 0.5) is 0 Å². The minimum absolute atomic E-state index is 0. The number of rotatable bonds is 8. The highest BCUT2D eigenvalue weighted by Crippen LogP contribution is 2.65. The summed E-state index contributed by atoms with van der Waals surface area (Å²) >= 11 is 0. The van der Waals surface area contributed by atoms with E-state index in [4.69, 9.17) is 15.0 Å². The van der Waals surface area contributed by atoms with Crippen molar-refractivity contribution >= 4 is 13.0 Å². The fourth-order valence-corrected chi connectivity index (χ4v) is 5.20. The van der Waals surface area contributed by atoms with Crippen LogP contribution in [0, 0.1) is 17.3 Å². The summed E-state index contributed by atoms with van der Waals surface area (Å²) < 4.78 is 12.5. The summed E-state index contributed by atoms with van der Waals surface area (Å²) in [5.41, 5.74) is 9.63. The minimum Gasteiger partial charge on any atom is -1.00 e. The van der Waals surface area contributed by atoms with Crippen molar-refractivity contribution in [2.45, 2.75) is 76.9 Å². The molecule has 1 heterocycles. The van der Waals surface area contributed by atoms with Gasteiger partial charge in [0, 0.05) is 13.0 Å². The first-order valence-electron chi connectivity index (χ1n) is 9.93. The number of nitrogens with two attached hydrogens (primary N) is 1. The fourth-order valence-electron chi connectivity index (χ4n) is 5.20. The summed E-state index contributed by atoms with van der Waals surface area (Å²) in [4.78, 5) is 12.1. The van der Waals surface area contributed by atoms with Crippen molar-refractivity contribution in [3.05, 3.63) is 0 Å². The Morgan fingerprint density at radius 2 is 2.08 bits per heavy atom. The number of hydrogen-bond acceptors (Lipinski definition) is 4. The maximum absolute atomic E-state index is 12.1. The molecule has 4 fully saturated rings. The van der Waals surface area contributed by atoms with Gasteiger partial charge in [-0.05, 0) is 62.7 Å². The zero-order chi connectivity index (χ0) is 18.2. The van der Waals surface area contributed by atoms with Gasteiger partial charge in [-0.15, -0.1) is 0 Å². The molecule has 0 radical (unpaired) electrons. The standard InChI is InChI=1S/C18H34BN3O3.ClH/c1-17(2)12-10-14(17)18(3)15(11-12)24-19(25-18)7-9-22-16(23)13(21)6-4-5-8-20;/h12-15H,4-11,20-21H2,1-3H3,(H,22,23);1H/t12-,13+,14-,15+,18-;/m1./s1. The molecule has 0 aromatic carbocycles. The first-order chi connectivity index (χ1) is 11.8. The Balaban J connectivity index is 0.00000243. The highest BCUT2D eigenvalue weighted by Gasteiger charge is 2.67. The van der Waals surface area contributed by atoms with Crippen LogP contribution in [-0.4, -0.2) is 43.9 Å². The molecule has 3 aliphatic carbocycles. The van der Waals surface area contributed by atoms with Crippen molar-refractivity contribution in [2.24, 2.45) is 23.0 Å². The Labute approximate surface area is 164 Å². The van der Waals surface area contributed by atoms with Crippen LogP contribution in [0.25, 0.3) is 0 Å². The molecule has 1 saturated heterocycles. The molecule has 5 atom stereocenters. The zero-order valence-electron chi connectivity index (χ0n) is 16.4. The van der Waals surface area contributed by atoms with E-state index < -0.39 is 0 Å². The number of unbranched alkanes of at least 4 members (excludes halogenated alkanes) is 1. The summed E-state index contributed by atoms with van der Waals surface area (Å²) in [5, 5.41) is 2.98. The van der Waals surface area contributed by atoms with Crippen molar-refractivity contribution in [3.8, 4) is 0 Å². The summed E-state index contributed by atoms with van der Waals surface area (Å²) in [6, 6.07) is -0.204. The lowest BCUT2D eigenvalue weighted by Gasteiger charge is -2.64. The van der Waals surface area contributed by atoms with Gasteiger partial charge in [0.1, 0.15) is 0 Å². The number of amides is 1. The van der Waals surface area contributed by atoms with Crippen LogP contribution in [0.1, 0.15) is 52.9 Å². The molecule has 3 saturated carbocycles. The molecule has 0 unspecified atom stereocenters. The Hall–Kier alpha value is -0.335. The van der Waals surface area contributed by atoms with Crippen LogP contribution in [0.2, 0.25) is 6.32 Å². The third-order valence-corrected chi connectivity index (χ3v) is 7.06. The molecule has 0 aromatic rings. The van der Waals surface area contributed by atoms with Crippen molar-refractivity contribution < 1.29 is 32.2 Å². The number of carbonyl (C=O) groups is 1. The van der Waals surface area contributed by atoms with E-state index in [9.17, 15) is 4.79 Å². The van der Waals surface area contributed by atoms with Gasteiger partial charge in [-0.3, -0.25) is 4.79 Å². The van der Waals surface area contributed by atoms with Crippen molar-refractivity contribution in [1.82, 2.24) is 5.32 Å². The minimum atomic E-state index is -0.204. The number of quaternary nitrogens is 1. The Morgan fingerprint density at radius 1 is 1.35 bits per heavy atom. The smallest absolute Gasteiger partial charge is 0.459 e. The zero-order valence-corrected chi connectivity index (χ0v) is 17.2. The summed E-state index contributed by atoms with van der Waals surface area (Å²) in [5.74, 6) is 1.36. The molecule has 1 amide bonds. The number of hydrogen-bond donors (Lipinski definition) is 3. The van der Waals surface area contributed by atoms with Gasteiger partial charge < -0.3 is 38.5 Å². The van der Waals surface area contributed by atoms with Crippen molar-refractivity contribution in [1.29, 1.82) is 0 Å². The third kappa shape index (κ3) is 3.92. The molecule has 8 heteroatoms. The van der Waals surface area contributed by atoms with Crippen LogP contribution in [0.3, 0.4) is 0 Å². The Bertz CT molecular complexity index is 510. The highest BCUT2D eigenvalue weighted by molar-refractivity contribution is 6.45. The predicted molar refractivity (Wildman–Crippen MR) is 97.5 cm³/mol. The second-order valence-electron chi connectivity index (χ2n) is 8.96.